The summed E-state index contributed by atoms with van der Waals surface area (Å²) in [6.45, 7) is 0.656. The van der Waals surface area contributed by atoms with Gasteiger partial charge in [0.2, 0.25) is 0 Å². The summed E-state index contributed by atoms with van der Waals surface area (Å²) in [4.78, 5) is 25.3. The van der Waals surface area contributed by atoms with E-state index in [1.807, 2.05) is 28.6 Å². The molecule has 0 saturated heterocycles. The van der Waals surface area contributed by atoms with Gasteiger partial charge in [-0.2, -0.15) is 11.8 Å². The van der Waals surface area contributed by atoms with Crippen LogP contribution in [0.3, 0.4) is 0 Å². The quantitative estimate of drug-likeness (QED) is 0.816. The fourth-order valence-electron chi connectivity index (χ4n) is 2.28. The number of nitrogens with zero attached hydrogens (tertiary/aromatic N) is 1. The Morgan fingerprint density at radius 1 is 1.39 bits per heavy atom. The first-order valence-electron chi connectivity index (χ1n) is 7.27. The van der Waals surface area contributed by atoms with Crippen molar-refractivity contribution in [3.63, 3.8) is 0 Å². The Morgan fingerprint density at radius 2 is 2.26 bits per heavy atom. The van der Waals surface area contributed by atoms with Gasteiger partial charge in [-0.05, 0) is 60.7 Å². The molecule has 23 heavy (non-hydrogen) atoms. The predicted molar refractivity (Wildman–Crippen MR) is 95.4 cm³/mol. The molecule has 5 nitrogen and oxygen atoms in total. The Bertz CT molecular complexity index is 743. The molecule has 1 aliphatic rings. The van der Waals surface area contributed by atoms with Crippen molar-refractivity contribution in [1.82, 2.24) is 9.29 Å². The van der Waals surface area contributed by atoms with Crippen molar-refractivity contribution >= 4 is 41.2 Å². The highest BCUT2D eigenvalue weighted by Crippen LogP contribution is 2.33. The van der Waals surface area contributed by atoms with Crippen LogP contribution in [0.5, 0.6) is 0 Å². The Morgan fingerprint density at radius 3 is 3.09 bits per heavy atom. The maximum absolute atomic E-state index is 12.2. The number of carbonyl (C=O) groups is 2. The highest BCUT2D eigenvalue weighted by molar-refractivity contribution is 7.98. The zero-order valence-electron chi connectivity index (χ0n) is 12.7. The fraction of sp³-hybridized carbons (Fsp3) is 0.250. The molecule has 0 aliphatic carbocycles. The third kappa shape index (κ3) is 3.56. The van der Waals surface area contributed by atoms with Gasteiger partial charge in [0.15, 0.2) is 0 Å². The number of aromatic nitrogens is 1. The van der Waals surface area contributed by atoms with E-state index >= 15 is 0 Å². The maximum atomic E-state index is 12.2. The number of anilines is 1. The minimum absolute atomic E-state index is 0.114. The number of fused-ring (bicyclic) bond motifs is 2. The molecule has 0 unspecified atom stereocenters. The van der Waals surface area contributed by atoms with E-state index in [1.54, 1.807) is 30.0 Å². The second-order valence-corrected chi connectivity index (χ2v) is 7.08. The van der Waals surface area contributed by atoms with Gasteiger partial charge in [-0.15, -0.1) is 0 Å². The molecule has 1 aliphatic heterocycles. The molecule has 7 heteroatoms. The van der Waals surface area contributed by atoms with Crippen LogP contribution in [0, 0.1) is 0 Å². The lowest BCUT2D eigenvalue weighted by atomic mass is 10.2. The van der Waals surface area contributed by atoms with Gasteiger partial charge in [-0.25, -0.2) is 0 Å². The van der Waals surface area contributed by atoms with Gasteiger partial charge in [0, 0.05) is 18.3 Å². The van der Waals surface area contributed by atoms with Crippen LogP contribution in [0.1, 0.15) is 27.3 Å². The summed E-state index contributed by atoms with van der Waals surface area (Å²) < 4.78 is 1.82. The average molecular weight is 347 g/mol. The Labute approximate surface area is 143 Å². The van der Waals surface area contributed by atoms with E-state index in [1.165, 1.54) is 11.9 Å². The van der Waals surface area contributed by atoms with Crippen LogP contribution in [-0.4, -0.2) is 34.3 Å². The largest absolute Gasteiger partial charge is 0.352 e. The van der Waals surface area contributed by atoms with Crippen molar-refractivity contribution < 1.29 is 9.59 Å². The topological polar surface area (TPSA) is 63.1 Å². The standard InChI is InChI=1S/C16H17N3O2S2/c1-22-9-3-7-17-15(20)11-5-6-14-12(10-11)18-16(21)13-4-2-8-19(13)23-14/h2,4-6,8,10H,3,7,9H2,1H3,(H,17,20)(H,18,21). The summed E-state index contributed by atoms with van der Waals surface area (Å²) >= 11 is 3.22. The molecular weight excluding hydrogens is 330 g/mol. The van der Waals surface area contributed by atoms with Crippen LogP contribution in [-0.2, 0) is 0 Å². The third-order valence-corrected chi connectivity index (χ3v) is 5.21. The van der Waals surface area contributed by atoms with Crippen molar-refractivity contribution in [2.45, 2.75) is 11.3 Å². The SMILES string of the molecule is CSCCCNC(=O)c1ccc2c(c1)NC(=O)c1cccn1S2. The van der Waals surface area contributed by atoms with Gasteiger partial charge in [0.1, 0.15) is 5.69 Å². The van der Waals surface area contributed by atoms with Gasteiger partial charge in [0.05, 0.1) is 10.6 Å². The van der Waals surface area contributed by atoms with E-state index in [9.17, 15) is 9.59 Å². The van der Waals surface area contributed by atoms with Crippen molar-refractivity contribution in [1.29, 1.82) is 0 Å². The molecule has 3 rings (SSSR count). The van der Waals surface area contributed by atoms with Gasteiger partial charge in [-0.3, -0.25) is 13.6 Å². The van der Waals surface area contributed by atoms with Gasteiger partial charge in [-0.1, -0.05) is 0 Å². The van der Waals surface area contributed by atoms with Crippen LogP contribution in [0.4, 0.5) is 5.69 Å². The van der Waals surface area contributed by atoms with E-state index in [-0.39, 0.29) is 11.8 Å². The van der Waals surface area contributed by atoms with E-state index in [0.717, 1.165) is 17.1 Å². The molecule has 2 N–H and O–H groups in total. The summed E-state index contributed by atoms with van der Waals surface area (Å²) in [5.74, 6) is 0.742. The van der Waals surface area contributed by atoms with E-state index in [4.69, 9.17) is 0 Å². The van der Waals surface area contributed by atoms with Crippen molar-refractivity contribution in [2.75, 3.05) is 23.9 Å². The third-order valence-electron chi connectivity index (χ3n) is 3.44. The minimum Gasteiger partial charge on any atom is -0.352 e. The number of amides is 2. The molecule has 0 saturated carbocycles. The first kappa shape index (κ1) is 16.0. The fourth-order valence-corrected chi connectivity index (χ4v) is 3.64. The van der Waals surface area contributed by atoms with Crippen LogP contribution in [0.15, 0.2) is 41.4 Å². The Hall–Kier alpha value is -1.86. The van der Waals surface area contributed by atoms with Gasteiger partial charge < -0.3 is 10.6 Å². The molecule has 2 heterocycles. The van der Waals surface area contributed by atoms with Gasteiger partial charge >= 0.3 is 0 Å². The Kier molecular flexibility index (Phi) is 4.97. The second kappa shape index (κ2) is 7.14. The van der Waals surface area contributed by atoms with Crippen molar-refractivity contribution in [3.8, 4) is 0 Å². The molecule has 2 amide bonds. The molecule has 0 spiro atoms. The summed E-state index contributed by atoms with van der Waals surface area (Å²) in [5.41, 5.74) is 1.81. The van der Waals surface area contributed by atoms with Crippen molar-refractivity contribution in [3.05, 3.63) is 47.8 Å². The van der Waals surface area contributed by atoms with Crippen LogP contribution < -0.4 is 10.6 Å². The summed E-state index contributed by atoms with van der Waals surface area (Å²) in [6, 6.07) is 9.00. The Balaban J connectivity index is 1.76. The molecule has 1 aromatic carbocycles. The first-order valence-corrected chi connectivity index (χ1v) is 9.44. The molecule has 0 radical (unpaired) electrons. The lowest BCUT2D eigenvalue weighted by molar-refractivity contribution is 0.0952. The molecule has 0 bridgehead atoms. The number of rotatable bonds is 5. The number of benzene rings is 1. The normalized spacial score (nSPS) is 12.8. The lowest BCUT2D eigenvalue weighted by Gasteiger charge is -2.09. The first-order chi connectivity index (χ1) is 11.2. The molecule has 2 aromatic rings. The lowest BCUT2D eigenvalue weighted by Crippen LogP contribution is -2.25. The van der Waals surface area contributed by atoms with E-state index in [2.05, 4.69) is 10.6 Å². The van der Waals surface area contributed by atoms with E-state index in [0.29, 0.717) is 23.5 Å². The molecule has 0 atom stereocenters. The smallest absolute Gasteiger partial charge is 0.273 e. The molecule has 120 valence electrons. The summed E-state index contributed by atoms with van der Waals surface area (Å²) in [7, 11) is 0. The zero-order valence-corrected chi connectivity index (χ0v) is 14.3. The average Bonchev–Trinajstić information content (AvgIpc) is 2.96. The number of hydrogen-bond donors (Lipinski definition) is 2. The minimum atomic E-state index is -0.168. The van der Waals surface area contributed by atoms with E-state index < -0.39 is 0 Å². The molecule has 1 aromatic heterocycles. The number of nitrogens with one attached hydrogen (secondary N) is 2. The highest BCUT2D eigenvalue weighted by Gasteiger charge is 2.20. The molecular formula is C16H17N3O2S2. The number of thioether (sulfide) groups is 1. The second-order valence-electron chi connectivity index (χ2n) is 5.08. The monoisotopic (exact) mass is 347 g/mol. The highest BCUT2D eigenvalue weighted by atomic mass is 32.2. The predicted octanol–water partition coefficient (Wildman–Crippen LogP) is 3.09. The zero-order chi connectivity index (χ0) is 16.2. The van der Waals surface area contributed by atoms with Crippen LogP contribution in [0.2, 0.25) is 0 Å². The summed E-state index contributed by atoms with van der Waals surface area (Å²) in [6.07, 6.45) is 4.84. The maximum Gasteiger partial charge on any atom is 0.273 e. The molecule has 0 fully saturated rings. The van der Waals surface area contributed by atoms with Crippen LogP contribution in [0.25, 0.3) is 0 Å². The number of carbonyl (C=O) groups excluding carboxylic acids is 2. The summed E-state index contributed by atoms with van der Waals surface area (Å²) in [5, 5.41) is 5.77. The number of hydrogen-bond acceptors (Lipinski definition) is 4. The van der Waals surface area contributed by atoms with Crippen molar-refractivity contribution in [2.24, 2.45) is 0 Å². The van der Waals surface area contributed by atoms with Gasteiger partial charge in [0.25, 0.3) is 11.8 Å². The van der Waals surface area contributed by atoms with Crippen LogP contribution >= 0.6 is 23.7 Å².